The van der Waals surface area contributed by atoms with Gasteiger partial charge in [-0.05, 0) is 37.1 Å². The summed E-state index contributed by atoms with van der Waals surface area (Å²) in [5.74, 6) is -1.01. The average Bonchev–Trinajstić information content (AvgIpc) is 2.38. The van der Waals surface area contributed by atoms with Gasteiger partial charge in [0.2, 0.25) is 0 Å². The van der Waals surface area contributed by atoms with Crippen LogP contribution in [0.2, 0.25) is 0 Å². The smallest absolute Gasteiger partial charge is 0.335 e. The molecule has 0 aliphatic heterocycles. The van der Waals surface area contributed by atoms with Crippen molar-refractivity contribution in [1.29, 1.82) is 0 Å². The summed E-state index contributed by atoms with van der Waals surface area (Å²) in [5.41, 5.74) is 0.742. The third-order valence-electron chi connectivity index (χ3n) is 2.65. The van der Waals surface area contributed by atoms with E-state index < -0.39 is 5.97 Å². The van der Waals surface area contributed by atoms with Crippen LogP contribution in [-0.4, -0.2) is 35.0 Å². The van der Waals surface area contributed by atoms with E-state index in [-0.39, 0.29) is 11.5 Å². The molecular formula is C14H19NO3. The van der Waals surface area contributed by atoms with E-state index in [9.17, 15) is 9.59 Å². The number of carbonyl (C=O) groups is 2. The zero-order chi connectivity index (χ0) is 13.5. The van der Waals surface area contributed by atoms with E-state index in [2.05, 4.69) is 0 Å². The summed E-state index contributed by atoms with van der Waals surface area (Å²) in [6.07, 6.45) is 1.83. The Morgan fingerprint density at radius 3 is 1.83 bits per heavy atom. The Bertz CT molecular complexity index is 406. The van der Waals surface area contributed by atoms with Crippen LogP contribution >= 0.6 is 0 Å². The van der Waals surface area contributed by atoms with Crippen molar-refractivity contribution in [3.8, 4) is 0 Å². The summed E-state index contributed by atoms with van der Waals surface area (Å²) >= 11 is 0. The third-order valence-corrected chi connectivity index (χ3v) is 2.65. The molecule has 0 fully saturated rings. The largest absolute Gasteiger partial charge is 0.478 e. The van der Waals surface area contributed by atoms with Crippen LogP contribution in [0.4, 0.5) is 0 Å². The molecule has 98 valence electrons. The number of carboxylic acids is 1. The highest BCUT2D eigenvalue weighted by molar-refractivity contribution is 5.95. The monoisotopic (exact) mass is 249 g/mol. The van der Waals surface area contributed by atoms with Gasteiger partial charge in [0, 0.05) is 18.7 Å². The first-order valence-electron chi connectivity index (χ1n) is 6.22. The Balaban J connectivity index is 2.84. The van der Waals surface area contributed by atoms with Gasteiger partial charge in [-0.3, -0.25) is 4.79 Å². The summed E-state index contributed by atoms with van der Waals surface area (Å²) < 4.78 is 0. The van der Waals surface area contributed by atoms with E-state index in [1.807, 2.05) is 13.8 Å². The van der Waals surface area contributed by atoms with E-state index >= 15 is 0 Å². The first-order valence-corrected chi connectivity index (χ1v) is 6.22. The molecule has 1 amide bonds. The molecule has 0 aliphatic rings. The van der Waals surface area contributed by atoms with Gasteiger partial charge in [-0.2, -0.15) is 0 Å². The normalized spacial score (nSPS) is 10.1. The second-order valence-electron chi connectivity index (χ2n) is 4.17. The van der Waals surface area contributed by atoms with Gasteiger partial charge < -0.3 is 10.0 Å². The van der Waals surface area contributed by atoms with E-state index in [0.717, 1.165) is 25.9 Å². The second kappa shape index (κ2) is 6.79. The molecule has 1 rings (SSSR count). The van der Waals surface area contributed by atoms with Crippen molar-refractivity contribution in [3.63, 3.8) is 0 Å². The fourth-order valence-electron chi connectivity index (χ4n) is 1.79. The maximum absolute atomic E-state index is 12.2. The predicted molar refractivity (Wildman–Crippen MR) is 69.9 cm³/mol. The highest BCUT2D eigenvalue weighted by atomic mass is 16.4. The van der Waals surface area contributed by atoms with Gasteiger partial charge in [0.1, 0.15) is 0 Å². The highest BCUT2D eigenvalue weighted by Crippen LogP contribution is 2.09. The standard InChI is InChI=1S/C14H19NO3/c1-3-9-15(10-4-2)13(16)11-5-7-12(8-6-11)14(17)18/h5-8H,3-4,9-10H2,1-2H3,(H,17,18). The fraction of sp³-hybridized carbons (Fsp3) is 0.429. The average molecular weight is 249 g/mol. The molecule has 18 heavy (non-hydrogen) atoms. The van der Waals surface area contributed by atoms with Crippen LogP contribution in [0.25, 0.3) is 0 Å². The Morgan fingerprint density at radius 2 is 1.44 bits per heavy atom. The molecule has 1 aromatic carbocycles. The fourth-order valence-corrected chi connectivity index (χ4v) is 1.79. The van der Waals surface area contributed by atoms with Crippen LogP contribution in [0, 0.1) is 0 Å². The number of hydrogen-bond acceptors (Lipinski definition) is 2. The highest BCUT2D eigenvalue weighted by Gasteiger charge is 2.14. The molecule has 0 aliphatic carbocycles. The first-order chi connectivity index (χ1) is 8.60. The lowest BCUT2D eigenvalue weighted by molar-refractivity contribution is 0.0694. The van der Waals surface area contributed by atoms with Gasteiger partial charge in [0.05, 0.1) is 5.56 Å². The minimum absolute atomic E-state index is 0.0318. The van der Waals surface area contributed by atoms with Gasteiger partial charge in [0.25, 0.3) is 5.91 Å². The lowest BCUT2D eigenvalue weighted by atomic mass is 10.1. The SMILES string of the molecule is CCCN(CCC)C(=O)c1ccc(C(=O)O)cc1. The Labute approximate surface area is 107 Å². The van der Waals surface area contributed by atoms with Gasteiger partial charge in [0.15, 0.2) is 0 Å². The number of hydrogen-bond donors (Lipinski definition) is 1. The zero-order valence-electron chi connectivity index (χ0n) is 10.8. The number of carbonyl (C=O) groups excluding carboxylic acids is 1. The molecule has 0 spiro atoms. The third kappa shape index (κ3) is 3.58. The number of nitrogens with zero attached hydrogens (tertiary/aromatic N) is 1. The van der Waals surface area contributed by atoms with E-state index in [1.54, 1.807) is 17.0 Å². The quantitative estimate of drug-likeness (QED) is 0.843. The number of rotatable bonds is 6. The summed E-state index contributed by atoms with van der Waals surface area (Å²) in [5, 5.41) is 8.80. The molecule has 0 saturated heterocycles. The molecule has 4 nitrogen and oxygen atoms in total. The van der Waals surface area contributed by atoms with Crippen molar-refractivity contribution >= 4 is 11.9 Å². The Hall–Kier alpha value is -1.84. The van der Waals surface area contributed by atoms with E-state index in [0.29, 0.717) is 5.56 Å². The molecule has 1 N–H and O–H groups in total. The van der Waals surface area contributed by atoms with Crippen LogP contribution in [0.3, 0.4) is 0 Å². The van der Waals surface area contributed by atoms with Crippen molar-refractivity contribution in [1.82, 2.24) is 4.90 Å². The van der Waals surface area contributed by atoms with Gasteiger partial charge in [-0.1, -0.05) is 13.8 Å². The van der Waals surface area contributed by atoms with Crippen molar-refractivity contribution < 1.29 is 14.7 Å². The van der Waals surface area contributed by atoms with Crippen molar-refractivity contribution in [2.24, 2.45) is 0 Å². The van der Waals surface area contributed by atoms with Gasteiger partial charge >= 0.3 is 5.97 Å². The van der Waals surface area contributed by atoms with Crippen LogP contribution in [0.15, 0.2) is 24.3 Å². The second-order valence-corrected chi connectivity index (χ2v) is 4.17. The van der Waals surface area contributed by atoms with Gasteiger partial charge in [-0.25, -0.2) is 4.79 Å². The summed E-state index contributed by atoms with van der Waals surface area (Å²) in [4.78, 5) is 24.7. The number of benzene rings is 1. The molecule has 0 unspecified atom stereocenters. The van der Waals surface area contributed by atoms with E-state index in [4.69, 9.17) is 5.11 Å². The summed E-state index contributed by atoms with van der Waals surface area (Å²) in [7, 11) is 0. The van der Waals surface area contributed by atoms with Crippen LogP contribution in [-0.2, 0) is 0 Å². The maximum Gasteiger partial charge on any atom is 0.335 e. The molecule has 4 heteroatoms. The zero-order valence-corrected chi connectivity index (χ0v) is 10.8. The molecule has 0 bridgehead atoms. The number of aromatic carboxylic acids is 1. The predicted octanol–water partition coefficient (Wildman–Crippen LogP) is 2.65. The molecule has 0 heterocycles. The lowest BCUT2D eigenvalue weighted by Crippen LogP contribution is -2.32. The minimum atomic E-state index is -0.979. The lowest BCUT2D eigenvalue weighted by Gasteiger charge is -2.21. The Morgan fingerprint density at radius 1 is 1.00 bits per heavy atom. The van der Waals surface area contributed by atoms with Crippen LogP contribution in [0.1, 0.15) is 47.4 Å². The first kappa shape index (κ1) is 14.2. The molecule has 0 atom stereocenters. The molecular weight excluding hydrogens is 230 g/mol. The molecule has 0 saturated carbocycles. The molecule has 0 aromatic heterocycles. The minimum Gasteiger partial charge on any atom is -0.478 e. The van der Waals surface area contributed by atoms with Gasteiger partial charge in [-0.15, -0.1) is 0 Å². The topological polar surface area (TPSA) is 57.6 Å². The number of carboxylic acid groups (broad SMARTS) is 1. The van der Waals surface area contributed by atoms with Crippen molar-refractivity contribution in [3.05, 3.63) is 35.4 Å². The summed E-state index contributed by atoms with van der Waals surface area (Å²) in [6.45, 7) is 5.52. The molecule has 1 aromatic rings. The molecule has 0 radical (unpaired) electrons. The van der Waals surface area contributed by atoms with Crippen molar-refractivity contribution in [2.75, 3.05) is 13.1 Å². The Kier molecular flexibility index (Phi) is 5.36. The summed E-state index contributed by atoms with van der Waals surface area (Å²) in [6, 6.07) is 6.07. The maximum atomic E-state index is 12.2. The van der Waals surface area contributed by atoms with Crippen molar-refractivity contribution in [2.45, 2.75) is 26.7 Å². The van der Waals surface area contributed by atoms with Crippen LogP contribution < -0.4 is 0 Å². The van der Waals surface area contributed by atoms with Crippen LogP contribution in [0.5, 0.6) is 0 Å². The number of amides is 1. The van der Waals surface area contributed by atoms with E-state index in [1.165, 1.54) is 12.1 Å².